The Labute approximate surface area is 212 Å². The fourth-order valence-electron chi connectivity index (χ4n) is 4.66. The second-order valence-electron chi connectivity index (χ2n) is 9.62. The Morgan fingerprint density at radius 1 is 1.24 bits per heavy atom. The predicted octanol–water partition coefficient (Wildman–Crippen LogP) is 3.18. The molecule has 3 heterocycles. The lowest BCUT2D eigenvalue weighted by atomic mass is 10.0. The quantitative estimate of drug-likeness (QED) is 0.479. The SMILES string of the molecule is COCC(=O)N1CC[C@H](NC(=O)c2c(C)[nH]c3c(-c4cc(F)ccc4OCC4CC4)ncnc23)[C@@H](F)C1. The van der Waals surface area contributed by atoms with Crippen LogP contribution >= 0.6 is 0 Å². The molecule has 1 aliphatic carbocycles. The average Bonchev–Trinajstić information content (AvgIpc) is 3.64. The third kappa shape index (κ3) is 5.27. The summed E-state index contributed by atoms with van der Waals surface area (Å²) in [7, 11) is 1.41. The van der Waals surface area contributed by atoms with Gasteiger partial charge in [-0.15, -0.1) is 0 Å². The average molecular weight is 514 g/mol. The maximum Gasteiger partial charge on any atom is 0.255 e. The van der Waals surface area contributed by atoms with E-state index in [4.69, 9.17) is 9.47 Å². The van der Waals surface area contributed by atoms with Crippen molar-refractivity contribution in [1.29, 1.82) is 0 Å². The number of nitrogens with one attached hydrogen (secondary N) is 2. The van der Waals surface area contributed by atoms with Gasteiger partial charge in [0, 0.05) is 24.9 Å². The molecule has 2 N–H and O–H groups in total. The van der Waals surface area contributed by atoms with Crippen LogP contribution in [0.2, 0.25) is 0 Å². The monoisotopic (exact) mass is 513 g/mol. The zero-order valence-corrected chi connectivity index (χ0v) is 20.7. The van der Waals surface area contributed by atoms with Crippen LogP contribution in [0, 0.1) is 18.7 Å². The molecule has 1 aromatic carbocycles. The molecule has 0 bridgehead atoms. The number of amides is 2. The molecule has 196 valence electrons. The molecular weight excluding hydrogens is 484 g/mol. The van der Waals surface area contributed by atoms with Crippen LogP contribution in [-0.4, -0.2) is 77.3 Å². The van der Waals surface area contributed by atoms with Crippen LogP contribution in [0.1, 0.15) is 35.3 Å². The van der Waals surface area contributed by atoms with Crippen molar-refractivity contribution in [3.05, 3.63) is 41.6 Å². The Hall–Kier alpha value is -3.60. The number of rotatable bonds is 8. The number of H-pyrrole nitrogens is 1. The van der Waals surface area contributed by atoms with Crippen molar-refractivity contribution in [1.82, 2.24) is 25.2 Å². The number of alkyl halides is 1. The number of likely N-dealkylation sites (tertiary alicyclic amines) is 1. The van der Waals surface area contributed by atoms with Gasteiger partial charge in [0.2, 0.25) is 5.91 Å². The molecule has 1 saturated carbocycles. The number of aromatic nitrogens is 3. The number of methoxy groups -OCH3 is 1. The number of ether oxygens (including phenoxy) is 2. The number of carbonyl (C=O) groups excluding carboxylic acids is 2. The summed E-state index contributed by atoms with van der Waals surface area (Å²) in [6, 6.07) is 3.52. The van der Waals surface area contributed by atoms with Gasteiger partial charge in [0.15, 0.2) is 0 Å². The van der Waals surface area contributed by atoms with Gasteiger partial charge in [0.1, 0.15) is 41.9 Å². The number of halogens is 2. The number of hydrogen-bond acceptors (Lipinski definition) is 6. The number of carbonyl (C=O) groups is 2. The largest absolute Gasteiger partial charge is 0.493 e. The zero-order chi connectivity index (χ0) is 26.1. The molecule has 2 aromatic heterocycles. The van der Waals surface area contributed by atoms with Gasteiger partial charge in [-0.2, -0.15) is 0 Å². The highest BCUT2D eigenvalue weighted by atomic mass is 19.1. The van der Waals surface area contributed by atoms with Crippen molar-refractivity contribution in [2.45, 2.75) is 38.4 Å². The Morgan fingerprint density at radius 2 is 2.05 bits per heavy atom. The van der Waals surface area contributed by atoms with E-state index in [1.807, 2.05) is 0 Å². The number of hydrogen-bond donors (Lipinski definition) is 2. The second-order valence-corrected chi connectivity index (χ2v) is 9.62. The van der Waals surface area contributed by atoms with E-state index >= 15 is 0 Å². The van der Waals surface area contributed by atoms with E-state index in [9.17, 15) is 18.4 Å². The first kappa shape index (κ1) is 25.1. The lowest BCUT2D eigenvalue weighted by molar-refractivity contribution is -0.137. The van der Waals surface area contributed by atoms with Gasteiger partial charge in [-0.1, -0.05) is 0 Å². The Balaban J connectivity index is 1.40. The third-order valence-electron chi connectivity index (χ3n) is 6.85. The van der Waals surface area contributed by atoms with Gasteiger partial charge in [-0.3, -0.25) is 9.59 Å². The van der Waals surface area contributed by atoms with E-state index in [2.05, 4.69) is 20.3 Å². The van der Waals surface area contributed by atoms with Crippen molar-refractivity contribution in [3.63, 3.8) is 0 Å². The number of fused-ring (bicyclic) bond motifs is 1. The van der Waals surface area contributed by atoms with Crippen LogP contribution in [0.5, 0.6) is 5.75 Å². The molecule has 0 radical (unpaired) electrons. The van der Waals surface area contributed by atoms with Crippen molar-refractivity contribution in [2.24, 2.45) is 5.92 Å². The van der Waals surface area contributed by atoms with Gasteiger partial charge in [0.05, 0.1) is 30.3 Å². The highest BCUT2D eigenvalue weighted by molar-refractivity contribution is 6.09. The summed E-state index contributed by atoms with van der Waals surface area (Å²) in [6.45, 7) is 2.35. The van der Waals surface area contributed by atoms with E-state index < -0.39 is 23.9 Å². The first-order valence-corrected chi connectivity index (χ1v) is 12.3. The molecule has 9 nitrogen and oxygen atoms in total. The molecule has 11 heteroatoms. The van der Waals surface area contributed by atoms with Crippen LogP contribution in [0.4, 0.5) is 8.78 Å². The van der Waals surface area contributed by atoms with Crippen LogP contribution in [0.3, 0.4) is 0 Å². The fraction of sp³-hybridized carbons (Fsp3) is 0.462. The van der Waals surface area contributed by atoms with Gasteiger partial charge >= 0.3 is 0 Å². The van der Waals surface area contributed by atoms with Crippen molar-refractivity contribution in [3.8, 4) is 17.0 Å². The van der Waals surface area contributed by atoms with Gasteiger partial charge in [-0.05, 0) is 50.3 Å². The molecule has 37 heavy (non-hydrogen) atoms. The van der Waals surface area contributed by atoms with Crippen molar-refractivity contribution >= 4 is 22.8 Å². The van der Waals surface area contributed by atoms with Crippen LogP contribution in [-0.2, 0) is 9.53 Å². The summed E-state index contributed by atoms with van der Waals surface area (Å²) in [4.78, 5) is 38.5. The normalized spacial score (nSPS) is 19.7. The minimum atomic E-state index is -1.42. The van der Waals surface area contributed by atoms with Gasteiger partial charge in [-0.25, -0.2) is 18.7 Å². The zero-order valence-electron chi connectivity index (χ0n) is 20.7. The summed E-state index contributed by atoms with van der Waals surface area (Å²) in [5, 5.41) is 2.77. The lowest BCUT2D eigenvalue weighted by Crippen LogP contribution is -2.54. The number of aromatic amines is 1. The minimum Gasteiger partial charge on any atom is -0.493 e. The summed E-state index contributed by atoms with van der Waals surface area (Å²) < 4.78 is 39.9. The number of nitrogens with zero attached hydrogens (tertiary/aromatic N) is 3. The number of piperidine rings is 1. The second kappa shape index (κ2) is 10.4. The standard InChI is InChI=1S/C26H29F2N5O4/c1-14-22(26(35)32-19-7-8-33(10-18(19)28)21(34)12-36-2)24-25(31-14)23(29-13-30-24)17-9-16(27)5-6-20(17)37-11-15-3-4-15/h5-6,9,13,15,18-19,31H,3-4,7-8,10-12H2,1-2H3,(H,32,35)/t18-,19-/m0/s1. The predicted molar refractivity (Wildman–Crippen MR) is 131 cm³/mol. The maximum absolute atomic E-state index is 14.9. The smallest absolute Gasteiger partial charge is 0.255 e. The lowest BCUT2D eigenvalue weighted by Gasteiger charge is -2.35. The minimum absolute atomic E-state index is 0.112. The molecule has 2 atom stereocenters. The molecular formula is C26H29F2N5O4. The number of aryl methyl sites for hydroxylation is 1. The van der Waals surface area contributed by atoms with Crippen molar-refractivity contribution in [2.75, 3.05) is 33.4 Å². The fourth-order valence-corrected chi connectivity index (χ4v) is 4.66. The Kier molecular flexibility index (Phi) is 7.05. The summed E-state index contributed by atoms with van der Waals surface area (Å²) in [6.07, 6.45) is 2.40. The summed E-state index contributed by atoms with van der Waals surface area (Å²) in [5.74, 6) is -0.199. The molecule has 1 saturated heterocycles. The van der Waals surface area contributed by atoms with E-state index in [1.165, 1.54) is 30.5 Å². The molecule has 3 aromatic rings. The van der Waals surface area contributed by atoms with Crippen LogP contribution in [0.15, 0.2) is 24.5 Å². The van der Waals surface area contributed by atoms with Gasteiger partial charge in [0.25, 0.3) is 5.91 Å². The molecule has 5 rings (SSSR count). The topological polar surface area (TPSA) is 109 Å². The Bertz CT molecular complexity index is 1330. The highest BCUT2D eigenvalue weighted by Crippen LogP contribution is 2.36. The van der Waals surface area contributed by atoms with E-state index in [0.717, 1.165) is 12.8 Å². The maximum atomic E-state index is 14.9. The van der Waals surface area contributed by atoms with E-state index in [0.29, 0.717) is 52.8 Å². The van der Waals surface area contributed by atoms with Crippen LogP contribution in [0.25, 0.3) is 22.3 Å². The molecule has 2 fully saturated rings. The Morgan fingerprint density at radius 3 is 2.78 bits per heavy atom. The molecule has 0 unspecified atom stereocenters. The van der Waals surface area contributed by atoms with E-state index in [1.54, 1.807) is 13.0 Å². The first-order chi connectivity index (χ1) is 17.9. The van der Waals surface area contributed by atoms with Gasteiger partial charge < -0.3 is 24.7 Å². The molecule has 2 aliphatic rings. The summed E-state index contributed by atoms with van der Waals surface area (Å²) >= 11 is 0. The number of benzene rings is 1. The summed E-state index contributed by atoms with van der Waals surface area (Å²) in [5.41, 5.74) is 2.46. The van der Waals surface area contributed by atoms with Crippen molar-refractivity contribution < 1.29 is 27.8 Å². The molecule has 0 spiro atoms. The van der Waals surface area contributed by atoms with E-state index in [-0.39, 0.29) is 31.0 Å². The van der Waals surface area contributed by atoms with Crippen LogP contribution < -0.4 is 10.1 Å². The molecule has 1 aliphatic heterocycles. The highest BCUT2D eigenvalue weighted by Gasteiger charge is 2.33. The third-order valence-corrected chi connectivity index (χ3v) is 6.85. The molecule has 2 amide bonds. The first-order valence-electron chi connectivity index (χ1n) is 12.3.